The monoisotopic (exact) mass is 373 g/mol. The van der Waals surface area contributed by atoms with Crippen molar-refractivity contribution in [1.29, 1.82) is 0 Å². The number of nitrogens with zero attached hydrogens (tertiary/aromatic N) is 2. The van der Waals surface area contributed by atoms with Crippen molar-refractivity contribution in [3.63, 3.8) is 0 Å². The molecule has 0 aliphatic carbocycles. The summed E-state index contributed by atoms with van der Waals surface area (Å²) in [5.74, 6) is -0.305. The number of fused-ring (bicyclic) bond motifs is 2. The van der Waals surface area contributed by atoms with E-state index in [1.54, 1.807) is 17.9 Å². The van der Waals surface area contributed by atoms with Crippen LogP contribution in [-0.2, 0) is 11.8 Å². The summed E-state index contributed by atoms with van der Waals surface area (Å²) in [6, 6.07) is 14.8. The molecule has 5 heteroatoms. The van der Waals surface area contributed by atoms with Crippen molar-refractivity contribution < 1.29 is 9.59 Å². The van der Waals surface area contributed by atoms with Gasteiger partial charge >= 0.3 is 0 Å². The van der Waals surface area contributed by atoms with Crippen LogP contribution in [-0.4, -0.2) is 33.9 Å². The van der Waals surface area contributed by atoms with Gasteiger partial charge in [0.2, 0.25) is 5.91 Å². The van der Waals surface area contributed by atoms with Gasteiger partial charge in [-0.2, -0.15) is 0 Å². The minimum Gasteiger partial charge on any atom is -0.351 e. The molecule has 1 aromatic heterocycles. The van der Waals surface area contributed by atoms with E-state index in [0.717, 1.165) is 22.0 Å². The molecule has 1 aliphatic rings. The fourth-order valence-electron chi connectivity index (χ4n) is 4.09. The van der Waals surface area contributed by atoms with Crippen molar-refractivity contribution in [2.24, 2.45) is 7.05 Å². The maximum absolute atomic E-state index is 13.3. The lowest BCUT2D eigenvalue weighted by atomic mass is 9.97. The van der Waals surface area contributed by atoms with Crippen LogP contribution in [0.4, 0.5) is 0 Å². The number of aromatic nitrogens is 1. The van der Waals surface area contributed by atoms with Crippen LogP contribution in [0.5, 0.6) is 0 Å². The first-order valence-corrected chi connectivity index (χ1v) is 9.38. The average Bonchev–Trinajstić information content (AvgIpc) is 3.20. The van der Waals surface area contributed by atoms with Gasteiger partial charge in [-0.25, -0.2) is 0 Å². The fraction of sp³-hybridized carbons (Fsp3) is 0.217. The summed E-state index contributed by atoms with van der Waals surface area (Å²) in [6.07, 6.45) is 3.69. The van der Waals surface area contributed by atoms with E-state index in [0.29, 0.717) is 12.1 Å². The third-order valence-corrected chi connectivity index (χ3v) is 5.44. The van der Waals surface area contributed by atoms with E-state index in [-0.39, 0.29) is 17.9 Å². The number of nitrogens with one attached hydrogen (secondary N) is 1. The summed E-state index contributed by atoms with van der Waals surface area (Å²) >= 11 is 0. The molecule has 0 radical (unpaired) electrons. The van der Waals surface area contributed by atoms with Gasteiger partial charge in [0.05, 0.1) is 6.04 Å². The van der Waals surface area contributed by atoms with Crippen LogP contribution in [0.3, 0.4) is 0 Å². The molecule has 0 unspecified atom stereocenters. The van der Waals surface area contributed by atoms with Crippen molar-refractivity contribution in [3.05, 3.63) is 84.1 Å². The molecule has 2 amide bonds. The molecule has 28 heavy (non-hydrogen) atoms. The summed E-state index contributed by atoms with van der Waals surface area (Å²) in [7, 11) is 2.00. The second-order valence-corrected chi connectivity index (χ2v) is 7.12. The highest BCUT2D eigenvalue weighted by Gasteiger charge is 2.43. The molecule has 2 atom stereocenters. The lowest BCUT2D eigenvalue weighted by Crippen LogP contribution is -2.47. The zero-order chi connectivity index (χ0) is 19.8. The Morgan fingerprint density at radius 3 is 2.68 bits per heavy atom. The Labute approximate surface area is 164 Å². The Kier molecular flexibility index (Phi) is 4.51. The number of para-hydroxylation sites is 1. The van der Waals surface area contributed by atoms with E-state index < -0.39 is 6.04 Å². The second-order valence-electron chi connectivity index (χ2n) is 7.12. The molecule has 0 fully saturated rings. The van der Waals surface area contributed by atoms with Gasteiger partial charge in [0.15, 0.2) is 0 Å². The predicted octanol–water partition coefficient (Wildman–Crippen LogP) is 3.41. The minimum absolute atomic E-state index is 0.116. The van der Waals surface area contributed by atoms with Gasteiger partial charge in [-0.05, 0) is 24.6 Å². The molecule has 3 aromatic rings. The highest BCUT2D eigenvalue weighted by atomic mass is 16.2. The molecule has 2 heterocycles. The standard InChI is InChI=1S/C23H23N3O2/c1-4-13-24-22(27)15(2)26-21(17-10-5-6-11-18(17)23(26)28)19-14-25(3)20-12-8-7-9-16(19)20/h4-12,14-15,21H,1,13H2,2-3H3,(H,24,27)/t15-,21+/m0/s1. The van der Waals surface area contributed by atoms with Crippen molar-refractivity contribution in [3.8, 4) is 0 Å². The summed E-state index contributed by atoms with van der Waals surface area (Å²) in [5.41, 5.74) is 3.72. The number of carbonyl (C=O) groups is 2. The van der Waals surface area contributed by atoms with Gasteiger partial charge in [0, 0.05) is 41.8 Å². The van der Waals surface area contributed by atoms with Crippen molar-refractivity contribution in [2.45, 2.75) is 19.0 Å². The van der Waals surface area contributed by atoms with Crippen LogP contribution in [0, 0.1) is 0 Å². The van der Waals surface area contributed by atoms with E-state index in [1.807, 2.05) is 43.4 Å². The molecular formula is C23H23N3O2. The lowest BCUT2D eigenvalue weighted by molar-refractivity contribution is -0.125. The van der Waals surface area contributed by atoms with Crippen LogP contribution >= 0.6 is 0 Å². The number of rotatable bonds is 5. The van der Waals surface area contributed by atoms with E-state index in [9.17, 15) is 9.59 Å². The maximum Gasteiger partial charge on any atom is 0.255 e. The second kappa shape index (κ2) is 7.00. The molecule has 0 spiro atoms. The number of aryl methyl sites for hydroxylation is 1. The zero-order valence-corrected chi connectivity index (χ0v) is 16.1. The number of hydrogen-bond donors (Lipinski definition) is 1. The molecule has 1 N–H and O–H groups in total. The fourth-order valence-corrected chi connectivity index (χ4v) is 4.09. The summed E-state index contributed by atoms with van der Waals surface area (Å²) in [4.78, 5) is 27.6. The first-order valence-electron chi connectivity index (χ1n) is 9.38. The Balaban J connectivity index is 1.86. The van der Waals surface area contributed by atoms with Crippen LogP contribution in [0.15, 0.2) is 67.4 Å². The normalized spacial score (nSPS) is 16.9. The zero-order valence-electron chi connectivity index (χ0n) is 16.1. The summed E-state index contributed by atoms with van der Waals surface area (Å²) < 4.78 is 2.07. The van der Waals surface area contributed by atoms with E-state index in [1.165, 1.54) is 0 Å². The highest BCUT2D eigenvalue weighted by Crippen LogP contribution is 2.42. The minimum atomic E-state index is -0.608. The summed E-state index contributed by atoms with van der Waals surface area (Å²) in [6.45, 7) is 5.79. The molecule has 0 bridgehead atoms. The highest BCUT2D eigenvalue weighted by molar-refractivity contribution is 6.03. The number of benzene rings is 2. The lowest BCUT2D eigenvalue weighted by Gasteiger charge is -2.30. The van der Waals surface area contributed by atoms with Gasteiger partial charge in [-0.1, -0.05) is 42.5 Å². The Morgan fingerprint density at radius 1 is 1.18 bits per heavy atom. The largest absolute Gasteiger partial charge is 0.351 e. The third-order valence-electron chi connectivity index (χ3n) is 5.44. The number of amides is 2. The maximum atomic E-state index is 13.3. The van der Waals surface area contributed by atoms with Gasteiger partial charge < -0.3 is 14.8 Å². The van der Waals surface area contributed by atoms with Gasteiger partial charge in [-0.15, -0.1) is 6.58 Å². The van der Waals surface area contributed by atoms with Crippen LogP contribution < -0.4 is 5.32 Å². The Morgan fingerprint density at radius 2 is 1.89 bits per heavy atom. The summed E-state index contributed by atoms with van der Waals surface area (Å²) in [5, 5.41) is 3.90. The van der Waals surface area contributed by atoms with Crippen molar-refractivity contribution >= 4 is 22.7 Å². The number of carbonyl (C=O) groups excluding carboxylic acids is 2. The van der Waals surface area contributed by atoms with Gasteiger partial charge in [-0.3, -0.25) is 9.59 Å². The topological polar surface area (TPSA) is 54.3 Å². The molecule has 0 saturated heterocycles. The van der Waals surface area contributed by atoms with E-state index >= 15 is 0 Å². The third kappa shape index (κ3) is 2.71. The molecule has 4 rings (SSSR count). The SMILES string of the molecule is C=CCNC(=O)[C@H](C)N1C(=O)c2ccccc2[C@@H]1c1cn(C)c2ccccc12. The molecule has 0 saturated carbocycles. The van der Waals surface area contributed by atoms with Crippen molar-refractivity contribution in [2.75, 3.05) is 6.54 Å². The van der Waals surface area contributed by atoms with E-state index in [2.05, 4.69) is 34.8 Å². The molecule has 2 aromatic carbocycles. The first-order chi connectivity index (χ1) is 13.5. The van der Waals surface area contributed by atoms with Crippen LogP contribution in [0.25, 0.3) is 10.9 Å². The molecular weight excluding hydrogens is 350 g/mol. The predicted molar refractivity (Wildman–Crippen MR) is 110 cm³/mol. The molecule has 5 nitrogen and oxygen atoms in total. The molecule has 1 aliphatic heterocycles. The smallest absolute Gasteiger partial charge is 0.255 e. The quantitative estimate of drug-likeness (QED) is 0.697. The van der Waals surface area contributed by atoms with Crippen molar-refractivity contribution in [1.82, 2.24) is 14.8 Å². The Hall–Kier alpha value is -3.34. The number of hydrogen-bond acceptors (Lipinski definition) is 2. The van der Waals surface area contributed by atoms with Gasteiger partial charge in [0.1, 0.15) is 6.04 Å². The first kappa shape index (κ1) is 18.0. The van der Waals surface area contributed by atoms with E-state index in [4.69, 9.17) is 0 Å². The average molecular weight is 373 g/mol. The van der Waals surface area contributed by atoms with Crippen LogP contribution in [0.1, 0.15) is 34.5 Å². The van der Waals surface area contributed by atoms with Crippen LogP contribution in [0.2, 0.25) is 0 Å². The molecule has 142 valence electrons. The van der Waals surface area contributed by atoms with Gasteiger partial charge in [0.25, 0.3) is 5.91 Å². The Bertz CT molecular complexity index is 1080.